The molecule has 1 aromatic heterocycles. The first kappa shape index (κ1) is 18.9. The number of nitrogens with one attached hydrogen (secondary N) is 1. The Balaban J connectivity index is 1.64. The van der Waals surface area contributed by atoms with E-state index in [1.807, 2.05) is 37.7 Å². The summed E-state index contributed by atoms with van der Waals surface area (Å²) in [7, 11) is 0. The van der Waals surface area contributed by atoms with E-state index in [0.717, 1.165) is 17.7 Å². The minimum atomic E-state index is -0.398. The quantitative estimate of drug-likeness (QED) is 0.714. The van der Waals surface area contributed by atoms with Crippen LogP contribution in [-0.2, 0) is 16.0 Å². The minimum absolute atomic E-state index is 0.00435. The van der Waals surface area contributed by atoms with Crippen LogP contribution in [-0.4, -0.2) is 46.2 Å². The van der Waals surface area contributed by atoms with Gasteiger partial charge >= 0.3 is 0 Å². The number of amides is 1. The number of carbonyl (C=O) groups is 1. The molecule has 1 atom stereocenters. The average Bonchev–Trinajstić information content (AvgIpc) is 3.11. The minimum Gasteiger partial charge on any atom is -0.351 e. The number of fused-ring (bicyclic) bond motifs is 1. The largest absolute Gasteiger partial charge is 0.351 e. The Morgan fingerprint density at radius 2 is 2.12 bits per heavy atom. The Kier molecular flexibility index (Phi) is 6.65. The van der Waals surface area contributed by atoms with Crippen molar-refractivity contribution in [3.63, 3.8) is 0 Å². The van der Waals surface area contributed by atoms with Crippen molar-refractivity contribution in [2.24, 2.45) is 0 Å². The molecular formula is C18H24N4O3S. The predicted molar refractivity (Wildman–Crippen MR) is 99.1 cm³/mol. The molecule has 1 amide bonds. The van der Waals surface area contributed by atoms with Crippen LogP contribution in [0.3, 0.4) is 0 Å². The Morgan fingerprint density at radius 1 is 1.35 bits per heavy atom. The van der Waals surface area contributed by atoms with E-state index in [4.69, 9.17) is 9.47 Å². The molecule has 26 heavy (non-hydrogen) atoms. The Hall–Kier alpha value is -1.90. The van der Waals surface area contributed by atoms with Crippen molar-refractivity contribution in [3.05, 3.63) is 41.7 Å². The Labute approximate surface area is 157 Å². The SMILES string of the molecule is CCOC(Cn1cc(C(=O)N[C@@H]2CCSc3ccccc32)nn1)OCC. The molecule has 1 aliphatic rings. The molecule has 1 N–H and O–H groups in total. The maximum Gasteiger partial charge on any atom is 0.273 e. The van der Waals surface area contributed by atoms with Crippen molar-refractivity contribution in [2.45, 2.75) is 44.0 Å². The van der Waals surface area contributed by atoms with Gasteiger partial charge in [0.2, 0.25) is 0 Å². The summed E-state index contributed by atoms with van der Waals surface area (Å²) in [5, 5.41) is 11.1. The van der Waals surface area contributed by atoms with Crippen molar-refractivity contribution in [3.8, 4) is 0 Å². The van der Waals surface area contributed by atoms with E-state index in [-0.39, 0.29) is 11.9 Å². The number of hydrogen-bond acceptors (Lipinski definition) is 6. The topological polar surface area (TPSA) is 78.3 Å². The highest BCUT2D eigenvalue weighted by atomic mass is 32.2. The second-order valence-electron chi connectivity index (χ2n) is 5.87. The molecule has 0 fully saturated rings. The molecule has 3 rings (SSSR count). The summed E-state index contributed by atoms with van der Waals surface area (Å²) < 4.78 is 12.6. The van der Waals surface area contributed by atoms with Gasteiger partial charge in [0, 0.05) is 23.9 Å². The first-order valence-electron chi connectivity index (χ1n) is 8.87. The summed E-state index contributed by atoms with van der Waals surface area (Å²) in [4.78, 5) is 13.8. The zero-order valence-corrected chi connectivity index (χ0v) is 15.9. The molecule has 2 aromatic rings. The zero-order valence-electron chi connectivity index (χ0n) is 15.1. The van der Waals surface area contributed by atoms with Crippen LogP contribution in [0.4, 0.5) is 0 Å². The molecule has 1 aromatic carbocycles. The van der Waals surface area contributed by atoms with Gasteiger partial charge in [0.25, 0.3) is 5.91 Å². The van der Waals surface area contributed by atoms with Crippen LogP contribution < -0.4 is 5.32 Å². The van der Waals surface area contributed by atoms with E-state index < -0.39 is 6.29 Å². The van der Waals surface area contributed by atoms with Crippen LogP contribution in [0.1, 0.15) is 42.4 Å². The molecule has 0 aliphatic carbocycles. The Morgan fingerprint density at radius 3 is 2.88 bits per heavy atom. The zero-order chi connectivity index (χ0) is 18.4. The van der Waals surface area contributed by atoms with Crippen LogP contribution in [0.15, 0.2) is 35.4 Å². The van der Waals surface area contributed by atoms with Gasteiger partial charge in [-0.3, -0.25) is 4.79 Å². The van der Waals surface area contributed by atoms with E-state index in [0.29, 0.717) is 25.5 Å². The number of aromatic nitrogens is 3. The lowest BCUT2D eigenvalue weighted by Gasteiger charge is -2.25. The third kappa shape index (κ3) is 4.63. The predicted octanol–water partition coefficient (Wildman–Crippen LogP) is 2.64. The lowest BCUT2D eigenvalue weighted by molar-refractivity contribution is -0.145. The number of ether oxygens (including phenoxy) is 2. The van der Waals surface area contributed by atoms with Gasteiger partial charge in [0.15, 0.2) is 12.0 Å². The molecule has 140 valence electrons. The molecular weight excluding hydrogens is 352 g/mol. The third-order valence-corrected chi connectivity index (χ3v) is 5.20. The van der Waals surface area contributed by atoms with Gasteiger partial charge < -0.3 is 14.8 Å². The molecule has 0 bridgehead atoms. The highest BCUT2D eigenvalue weighted by molar-refractivity contribution is 7.99. The standard InChI is InChI=1S/C18H24N4O3S/c1-3-24-17(25-4-2)12-22-11-15(20-21-22)18(23)19-14-9-10-26-16-8-6-5-7-13(14)16/h5-8,11,14,17H,3-4,9-10,12H2,1-2H3,(H,19,23)/t14-/m1/s1. The van der Waals surface area contributed by atoms with Gasteiger partial charge in [-0.25, -0.2) is 4.68 Å². The van der Waals surface area contributed by atoms with Crippen LogP contribution >= 0.6 is 11.8 Å². The lowest BCUT2D eigenvalue weighted by atomic mass is 10.0. The Bertz CT molecular complexity index is 731. The second kappa shape index (κ2) is 9.16. The highest BCUT2D eigenvalue weighted by Gasteiger charge is 2.23. The fraction of sp³-hybridized carbons (Fsp3) is 0.500. The van der Waals surface area contributed by atoms with E-state index in [1.54, 1.807) is 10.9 Å². The first-order chi connectivity index (χ1) is 12.7. The molecule has 0 spiro atoms. The number of nitrogens with zero attached hydrogens (tertiary/aromatic N) is 3. The maximum absolute atomic E-state index is 12.6. The van der Waals surface area contributed by atoms with Crippen LogP contribution in [0, 0.1) is 0 Å². The van der Waals surface area contributed by atoms with Gasteiger partial charge in [-0.05, 0) is 31.9 Å². The normalized spacial score (nSPS) is 16.5. The summed E-state index contributed by atoms with van der Waals surface area (Å²) >= 11 is 1.82. The molecule has 0 saturated carbocycles. The average molecular weight is 376 g/mol. The number of benzene rings is 1. The number of carbonyl (C=O) groups excluding carboxylic acids is 1. The molecule has 0 saturated heterocycles. The van der Waals surface area contributed by atoms with Crippen LogP contribution in [0.2, 0.25) is 0 Å². The fourth-order valence-corrected chi connectivity index (χ4v) is 4.02. The van der Waals surface area contributed by atoms with Crippen molar-refractivity contribution < 1.29 is 14.3 Å². The van der Waals surface area contributed by atoms with Crippen LogP contribution in [0.25, 0.3) is 0 Å². The van der Waals surface area contributed by atoms with Gasteiger partial charge in [-0.2, -0.15) is 0 Å². The molecule has 7 nitrogen and oxygen atoms in total. The van der Waals surface area contributed by atoms with Gasteiger partial charge in [-0.1, -0.05) is 23.4 Å². The van der Waals surface area contributed by atoms with Gasteiger partial charge in [-0.15, -0.1) is 16.9 Å². The fourth-order valence-electron chi connectivity index (χ4n) is 2.89. The second-order valence-corrected chi connectivity index (χ2v) is 7.00. The maximum atomic E-state index is 12.6. The third-order valence-electron chi connectivity index (χ3n) is 4.08. The number of rotatable bonds is 8. The summed E-state index contributed by atoms with van der Waals surface area (Å²) in [6, 6.07) is 8.19. The summed E-state index contributed by atoms with van der Waals surface area (Å²) in [6.45, 7) is 5.31. The van der Waals surface area contributed by atoms with Crippen molar-refractivity contribution >= 4 is 17.7 Å². The molecule has 8 heteroatoms. The van der Waals surface area contributed by atoms with Crippen LogP contribution in [0.5, 0.6) is 0 Å². The lowest BCUT2D eigenvalue weighted by Crippen LogP contribution is -2.31. The van der Waals surface area contributed by atoms with E-state index in [1.165, 1.54) is 4.90 Å². The van der Waals surface area contributed by atoms with Crippen molar-refractivity contribution in [1.82, 2.24) is 20.3 Å². The molecule has 0 unspecified atom stereocenters. The molecule has 0 radical (unpaired) electrons. The number of hydrogen-bond donors (Lipinski definition) is 1. The van der Waals surface area contributed by atoms with Gasteiger partial charge in [0.05, 0.1) is 18.8 Å². The van der Waals surface area contributed by atoms with E-state index in [9.17, 15) is 4.79 Å². The summed E-state index contributed by atoms with van der Waals surface area (Å²) in [6.07, 6.45) is 2.13. The molecule has 1 aliphatic heterocycles. The smallest absolute Gasteiger partial charge is 0.273 e. The number of thioether (sulfide) groups is 1. The van der Waals surface area contributed by atoms with Crippen molar-refractivity contribution in [1.29, 1.82) is 0 Å². The monoisotopic (exact) mass is 376 g/mol. The van der Waals surface area contributed by atoms with Crippen molar-refractivity contribution in [2.75, 3.05) is 19.0 Å². The van der Waals surface area contributed by atoms with E-state index in [2.05, 4.69) is 27.8 Å². The molecule has 2 heterocycles. The van der Waals surface area contributed by atoms with Gasteiger partial charge in [0.1, 0.15) is 0 Å². The summed E-state index contributed by atoms with van der Waals surface area (Å²) in [5.41, 5.74) is 1.46. The van der Waals surface area contributed by atoms with E-state index >= 15 is 0 Å². The highest BCUT2D eigenvalue weighted by Crippen LogP contribution is 2.35. The summed E-state index contributed by atoms with van der Waals surface area (Å²) in [5.74, 6) is 0.770. The first-order valence-corrected chi connectivity index (χ1v) is 9.85.